The number of imide groups is 1. The minimum atomic E-state index is -0.592. The molecule has 3 amide bonds. The van der Waals surface area contributed by atoms with Gasteiger partial charge in [-0.2, -0.15) is 0 Å². The van der Waals surface area contributed by atoms with Crippen LogP contribution in [-0.2, 0) is 20.9 Å². The van der Waals surface area contributed by atoms with E-state index in [1.165, 1.54) is 6.42 Å². The summed E-state index contributed by atoms with van der Waals surface area (Å²) in [4.78, 5) is 40.6. The predicted molar refractivity (Wildman–Crippen MR) is 112 cm³/mol. The molecule has 3 heterocycles. The van der Waals surface area contributed by atoms with E-state index in [4.69, 9.17) is 9.47 Å². The minimum absolute atomic E-state index is 0.133. The third kappa shape index (κ3) is 4.06. The largest absolute Gasteiger partial charge is 0.489 e. The van der Waals surface area contributed by atoms with Crippen molar-refractivity contribution < 1.29 is 23.9 Å². The number of ether oxygens (including phenoxy) is 2. The number of carbonyl (C=O) groups is 3. The summed E-state index contributed by atoms with van der Waals surface area (Å²) in [5.74, 6) is -0.0328. The number of morpholine rings is 1. The molecule has 8 nitrogen and oxygen atoms in total. The van der Waals surface area contributed by atoms with Gasteiger partial charge in [-0.1, -0.05) is 6.42 Å². The van der Waals surface area contributed by atoms with E-state index in [0.29, 0.717) is 24.6 Å². The van der Waals surface area contributed by atoms with E-state index in [2.05, 4.69) is 10.2 Å². The van der Waals surface area contributed by atoms with Crippen LogP contribution in [0.3, 0.4) is 0 Å². The SMILES string of the molecule is O=C1CCC(N2Cc3cc(O[C@@H]4CCCC[C@H]4N4CCOCC4)ccc3C2=O)C(=O)N1. The molecule has 3 atom stereocenters. The number of hydrogen-bond acceptors (Lipinski definition) is 6. The van der Waals surface area contributed by atoms with E-state index in [1.807, 2.05) is 18.2 Å². The molecule has 2 saturated heterocycles. The lowest BCUT2D eigenvalue weighted by Gasteiger charge is -2.41. The van der Waals surface area contributed by atoms with Gasteiger partial charge in [-0.15, -0.1) is 0 Å². The lowest BCUT2D eigenvalue weighted by atomic mass is 9.91. The highest BCUT2D eigenvalue weighted by molar-refractivity contribution is 6.05. The zero-order chi connectivity index (χ0) is 21.4. The van der Waals surface area contributed by atoms with Gasteiger partial charge < -0.3 is 14.4 Å². The highest BCUT2D eigenvalue weighted by Crippen LogP contribution is 2.33. The summed E-state index contributed by atoms with van der Waals surface area (Å²) in [5.41, 5.74) is 1.50. The summed E-state index contributed by atoms with van der Waals surface area (Å²) >= 11 is 0. The van der Waals surface area contributed by atoms with Gasteiger partial charge in [0, 0.05) is 37.7 Å². The van der Waals surface area contributed by atoms with Crippen molar-refractivity contribution in [2.45, 2.75) is 63.3 Å². The molecule has 1 unspecified atom stereocenters. The lowest BCUT2D eigenvalue weighted by molar-refractivity contribution is -0.136. The fourth-order valence-corrected chi connectivity index (χ4v) is 5.34. The quantitative estimate of drug-likeness (QED) is 0.733. The Morgan fingerprint density at radius 3 is 2.65 bits per heavy atom. The number of rotatable bonds is 4. The molecule has 1 saturated carbocycles. The van der Waals surface area contributed by atoms with Crippen LogP contribution in [0.5, 0.6) is 5.75 Å². The molecule has 3 fully saturated rings. The van der Waals surface area contributed by atoms with Crippen molar-refractivity contribution in [1.82, 2.24) is 15.1 Å². The van der Waals surface area contributed by atoms with Crippen molar-refractivity contribution in [3.05, 3.63) is 29.3 Å². The first-order chi connectivity index (χ1) is 15.1. The molecule has 0 aromatic heterocycles. The second-order valence-electron chi connectivity index (χ2n) is 8.88. The molecule has 5 rings (SSSR count). The Labute approximate surface area is 181 Å². The topological polar surface area (TPSA) is 88.2 Å². The summed E-state index contributed by atoms with van der Waals surface area (Å²) in [6.07, 6.45) is 5.32. The second kappa shape index (κ2) is 8.59. The zero-order valence-electron chi connectivity index (χ0n) is 17.7. The van der Waals surface area contributed by atoms with Crippen molar-refractivity contribution in [1.29, 1.82) is 0 Å². The van der Waals surface area contributed by atoms with Gasteiger partial charge >= 0.3 is 0 Å². The lowest BCUT2D eigenvalue weighted by Crippen LogP contribution is -2.52. The maximum Gasteiger partial charge on any atom is 0.255 e. The first kappa shape index (κ1) is 20.5. The van der Waals surface area contributed by atoms with Gasteiger partial charge in [0.05, 0.1) is 13.2 Å². The van der Waals surface area contributed by atoms with Crippen LogP contribution < -0.4 is 10.1 Å². The van der Waals surface area contributed by atoms with Gasteiger partial charge in [-0.3, -0.25) is 24.6 Å². The number of benzene rings is 1. The highest BCUT2D eigenvalue weighted by atomic mass is 16.5. The molecule has 31 heavy (non-hydrogen) atoms. The fourth-order valence-electron chi connectivity index (χ4n) is 5.34. The average molecular weight is 428 g/mol. The number of carbonyl (C=O) groups excluding carboxylic acids is 3. The second-order valence-corrected chi connectivity index (χ2v) is 8.88. The van der Waals surface area contributed by atoms with Crippen LogP contribution in [0, 0.1) is 0 Å². The van der Waals surface area contributed by atoms with Crippen LogP contribution in [0.4, 0.5) is 0 Å². The van der Waals surface area contributed by atoms with Crippen LogP contribution in [0.15, 0.2) is 18.2 Å². The van der Waals surface area contributed by atoms with Crippen molar-refractivity contribution in [2.24, 2.45) is 0 Å². The van der Waals surface area contributed by atoms with Crippen molar-refractivity contribution in [3.8, 4) is 5.75 Å². The number of piperidine rings is 1. The zero-order valence-corrected chi connectivity index (χ0v) is 17.7. The fraction of sp³-hybridized carbons (Fsp3) is 0.609. The van der Waals surface area contributed by atoms with Gasteiger partial charge in [-0.25, -0.2) is 0 Å². The number of nitrogens with zero attached hydrogens (tertiary/aromatic N) is 2. The summed E-state index contributed by atoms with van der Waals surface area (Å²) < 4.78 is 12.0. The molecule has 3 aliphatic heterocycles. The van der Waals surface area contributed by atoms with E-state index in [0.717, 1.165) is 56.9 Å². The first-order valence-corrected chi connectivity index (χ1v) is 11.4. The van der Waals surface area contributed by atoms with E-state index < -0.39 is 6.04 Å². The molecule has 166 valence electrons. The van der Waals surface area contributed by atoms with Crippen LogP contribution in [-0.4, -0.2) is 72.0 Å². The molecule has 0 bridgehead atoms. The summed E-state index contributed by atoms with van der Waals surface area (Å²) in [5, 5.41) is 2.35. The average Bonchev–Trinajstić information content (AvgIpc) is 3.10. The van der Waals surface area contributed by atoms with Gasteiger partial charge in [0.1, 0.15) is 17.9 Å². The molecule has 4 aliphatic rings. The third-order valence-corrected chi connectivity index (χ3v) is 6.96. The van der Waals surface area contributed by atoms with E-state index in [1.54, 1.807) is 4.90 Å². The predicted octanol–water partition coefficient (Wildman–Crippen LogP) is 1.47. The third-order valence-electron chi connectivity index (χ3n) is 6.96. The van der Waals surface area contributed by atoms with E-state index in [-0.39, 0.29) is 30.2 Å². The molecular weight excluding hydrogens is 398 g/mol. The number of hydrogen-bond donors (Lipinski definition) is 1. The smallest absolute Gasteiger partial charge is 0.255 e. The Morgan fingerprint density at radius 2 is 1.84 bits per heavy atom. The minimum Gasteiger partial charge on any atom is -0.489 e. The van der Waals surface area contributed by atoms with Gasteiger partial charge in [0.2, 0.25) is 11.8 Å². The summed E-state index contributed by atoms with van der Waals surface area (Å²) in [6.45, 7) is 3.82. The molecule has 1 aromatic carbocycles. The highest BCUT2D eigenvalue weighted by Gasteiger charge is 2.39. The Balaban J connectivity index is 1.29. The van der Waals surface area contributed by atoms with Crippen molar-refractivity contribution in [3.63, 3.8) is 0 Å². The van der Waals surface area contributed by atoms with E-state index in [9.17, 15) is 14.4 Å². The Morgan fingerprint density at radius 1 is 1.03 bits per heavy atom. The van der Waals surface area contributed by atoms with Crippen LogP contribution in [0.2, 0.25) is 0 Å². The molecule has 1 aliphatic carbocycles. The standard InChI is InChI=1S/C23H29N3O5/c27-21-8-7-19(22(28)24-21)26-14-15-13-16(5-6-17(15)23(26)29)31-20-4-2-1-3-18(20)25-9-11-30-12-10-25/h5-6,13,18-20H,1-4,7-12,14H2,(H,24,27,28)/t18-,19?,20-/m1/s1. The van der Waals surface area contributed by atoms with Crippen LogP contribution in [0.25, 0.3) is 0 Å². The normalized spacial score (nSPS) is 29.6. The Hall–Kier alpha value is -2.45. The number of fused-ring (bicyclic) bond motifs is 1. The number of amides is 3. The summed E-state index contributed by atoms with van der Waals surface area (Å²) in [7, 11) is 0. The van der Waals surface area contributed by atoms with Crippen LogP contribution >= 0.6 is 0 Å². The maximum atomic E-state index is 12.9. The molecule has 0 spiro atoms. The summed E-state index contributed by atoms with van der Waals surface area (Å²) in [6, 6.07) is 5.43. The first-order valence-electron chi connectivity index (χ1n) is 11.4. The van der Waals surface area contributed by atoms with Gasteiger partial charge in [-0.05, 0) is 49.4 Å². The molecule has 0 radical (unpaired) electrons. The molecular formula is C23H29N3O5. The van der Waals surface area contributed by atoms with Gasteiger partial charge in [0.25, 0.3) is 5.91 Å². The molecule has 1 N–H and O–H groups in total. The maximum absolute atomic E-state index is 12.9. The Bertz CT molecular complexity index is 882. The monoisotopic (exact) mass is 427 g/mol. The molecule has 8 heteroatoms. The van der Waals surface area contributed by atoms with Crippen molar-refractivity contribution >= 4 is 17.7 Å². The van der Waals surface area contributed by atoms with E-state index >= 15 is 0 Å². The van der Waals surface area contributed by atoms with Crippen LogP contribution in [0.1, 0.15) is 54.4 Å². The Kier molecular flexibility index (Phi) is 5.67. The number of nitrogens with one attached hydrogen (secondary N) is 1. The van der Waals surface area contributed by atoms with Crippen molar-refractivity contribution in [2.75, 3.05) is 26.3 Å². The molecule has 1 aromatic rings. The van der Waals surface area contributed by atoms with Gasteiger partial charge in [0.15, 0.2) is 0 Å².